The predicted octanol–water partition coefficient (Wildman–Crippen LogP) is 1.71. The molecule has 1 aliphatic rings. The van der Waals surface area contributed by atoms with Crippen molar-refractivity contribution < 1.29 is 9.90 Å². The van der Waals surface area contributed by atoms with E-state index in [1.165, 1.54) is 12.8 Å². The molecule has 2 unspecified atom stereocenters. The first-order valence-corrected chi connectivity index (χ1v) is 7.24. The third-order valence-electron chi connectivity index (χ3n) is 3.90. The Labute approximate surface area is 123 Å². The Morgan fingerprint density at radius 2 is 2.00 bits per heavy atom. The Bertz CT molecular complexity index is 246. The average Bonchev–Trinajstić information content (AvgIpc) is 2.37. The first-order chi connectivity index (χ1) is 8.63. The molecule has 0 saturated carbocycles. The fourth-order valence-corrected chi connectivity index (χ4v) is 2.68. The molecule has 0 radical (unpaired) electrons. The van der Waals surface area contributed by atoms with Crippen LogP contribution in [0.5, 0.6) is 0 Å². The van der Waals surface area contributed by atoms with Crippen LogP contribution >= 0.6 is 12.4 Å². The van der Waals surface area contributed by atoms with Crippen LogP contribution in [0, 0.1) is 11.8 Å². The Morgan fingerprint density at radius 3 is 2.58 bits per heavy atom. The van der Waals surface area contributed by atoms with Gasteiger partial charge in [0.2, 0.25) is 5.91 Å². The van der Waals surface area contributed by atoms with Crippen LogP contribution in [0.25, 0.3) is 0 Å². The molecule has 1 amide bonds. The van der Waals surface area contributed by atoms with Crippen molar-refractivity contribution >= 4 is 18.3 Å². The number of amides is 1. The van der Waals surface area contributed by atoms with E-state index in [9.17, 15) is 4.79 Å². The summed E-state index contributed by atoms with van der Waals surface area (Å²) < 4.78 is 0. The Balaban J connectivity index is 0.00000324. The third-order valence-corrected chi connectivity index (χ3v) is 3.90. The van der Waals surface area contributed by atoms with Crippen LogP contribution in [0.2, 0.25) is 0 Å². The van der Waals surface area contributed by atoms with Crippen LogP contribution in [-0.2, 0) is 4.79 Å². The van der Waals surface area contributed by atoms with E-state index in [0.717, 1.165) is 25.9 Å². The summed E-state index contributed by atoms with van der Waals surface area (Å²) in [6.45, 7) is 6.56. The Hall–Kier alpha value is -0.320. The molecule has 1 rings (SSSR count). The SMILES string of the molecule is CC(CCCO)NC(=O)CC(C)C1CCNCC1.Cl. The molecule has 4 nitrogen and oxygen atoms in total. The van der Waals surface area contributed by atoms with E-state index in [-0.39, 0.29) is 31.0 Å². The second-order valence-electron chi connectivity index (χ2n) is 5.60. The van der Waals surface area contributed by atoms with E-state index >= 15 is 0 Å². The molecule has 0 aromatic rings. The fraction of sp³-hybridized carbons (Fsp3) is 0.929. The van der Waals surface area contributed by atoms with Crippen LogP contribution < -0.4 is 10.6 Å². The maximum Gasteiger partial charge on any atom is 0.220 e. The summed E-state index contributed by atoms with van der Waals surface area (Å²) in [6.07, 6.45) is 4.62. The van der Waals surface area contributed by atoms with E-state index in [0.29, 0.717) is 18.3 Å². The zero-order valence-corrected chi connectivity index (χ0v) is 13.0. The van der Waals surface area contributed by atoms with Gasteiger partial charge in [0.25, 0.3) is 0 Å². The van der Waals surface area contributed by atoms with Gasteiger partial charge >= 0.3 is 0 Å². The molecular weight excluding hydrogens is 264 g/mol. The normalized spacial score (nSPS) is 19.3. The highest BCUT2D eigenvalue weighted by atomic mass is 35.5. The summed E-state index contributed by atoms with van der Waals surface area (Å²) in [5.74, 6) is 1.31. The highest BCUT2D eigenvalue weighted by molar-refractivity contribution is 5.85. The minimum absolute atomic E-state index is 0. The van der Waals surface area contributed by atoms with Gasteiger partial charge in [0.1, 0.15) is 0 Å². The lowest BCUT2D eigenvalue weighted by atomic mass is 9.84. The molecule has 19 heavy (non-hydrogen) atoms. The smallest absolute Gasteiger partial charge is 0.220 e. The standard InChI is InChI=1S/C14H28N2O2.ClH/c1-11(13-5-7-15-8-6-13)10-14(18)16-12(2)4-3-9-17;/h11-13,15,17H,3-10H2,1-2H3,(H,16,18);1H. The first kappa shape index (κ1) is 18.7. The van der Waals surface area contributed by atoms with Crippen molar-refractivity contribution in [3.63, 3.8) is 0 Å². The van der Waals surface area contributed by atoms with E-state index < -0.39 is 0 Å². The van der Waals surface area contributed by atoms with E-state index in [1.807, 2.05) is 6.92 Å². The number of aliphatic hydroxyl groups is 1. The molecule has 0 aromatic heterocycles. The number of aliphatic hydroxyl groups excluding tert-OH is 1. The highest BCUT2D eigenvalue weighted by Crippen LogP contribution is 2.24. The number of nitrogens with one attached hydrogen (secondary N) is 2. The van der Waals surface area contributed by atoms with Crippen molar-refractivity contribution in [3.05, 3.63) is 0 Å². The van der Waals surface area contributed by atoms with Gasteiger partial charge in [-0.1, -0.05) is 6.92 Å². The van der Waals surface area contributed by atoms with Crippen molar-refractivity contribution in [1.82, 2.24) is 10.6 Å². The third kappa shape index (κ3) is 7.75. The van der Waals surface area contributed by atoms with Gasteiger partial charge in [-0.2, -0.15) is 0 Å². The lowest BCUT2D eigenvalue weighted by Crippen LogP contribution is -2.36. The summed E-state index contributed by atoms with van der Waals surface area (Å²) in [4.78, 5) is 11.9. The predicted molar refractivity (Wildman–Crippen MR) is 80.5 cm³/mol. The number of hydrogen-bond donors (Lipinski definition) is 3. The summed E-state index contributed by atoms with van der Waals surface area (Å²) in [5, 5.41) is 15.1. The van der Waals surface area contributed by atoms with E-state index in [4.69, 9.17) is 5.11 Å². The topological polar surface area (TPSA) is 61.4 Å². The second-order valence-corrected chi connectivity index (χ2v) is 5.60. The maximum atomic E-state index is 11.9. The summed E-state index contributed by atoms with van der Waals surface area (Å²) >= 11 is 0. The number of hydrogen-bond acceptors (Lipinski definition) is 3. The van der Waals surface area contributed by atoms with Gasteiger partial charge in [0.15, 0.2) is 0 Å². The number of rotatable bonds is 7. The van der Waals surface area contributed by atoms with Gasteiger partial charge in [-0.25, -0.2) is 0 Å². The largest absolute Gasteiger partial charge is 0.396 e. The number of carbonyl (C=O) groups is 1. The van der Waals surface area contributed by atoms with Crippen LogP contribution in [0.4, 0.5) is 0 Å². The molecule has 1 aliphatic heterocycles. The van der Waals surface area contributed by atoms with Crippen molar-refractivity contribution in [2.24, 2.45) is 11.8 Å². The molecule has 5 heteroatoms. The molecule has 0 bridgehead atoms. The Morgan fingerprint density at radius 1 is 1.37 bits per heavy atom. The zero-order valence-electron chi connectivity index (χ0n) is 12.2. The monoisotopic (exact) mass is 292 g/mol. The van der Waals surface area contributed by atoms with Crippen LogP contribution in [0.3, 0.4) is 0 Å². The van der Waals surface area contributed by atoms with Gasteiger partial charge in [0.05, 0.1) is 0 Å². The van der Waals surface area contributed by atoms with Gasteiger partial charge in [-0.3, -0.25) is 4.79 Å². The van der Waals surface area contributed by atoms with Crippen molar-refractivity contribution in [2.75, 3.05) is 19.7 Å². The minimum atomic E-state index is 0. The molecule has 114 valence electrons. The van der Waals surface area contributed by atoms with Gasteiger partial charge < -0.3 is 15.7 Å². The van der Waals surface area contributed by atoms with Crippen molar-refractivity contribution in [1.29, 1.82) is 0 Å². The van der Waals surface area contributed by atoms with Gasteiger partial charge in [-0.05, 0) is 57.5 Å². The molecule has 0 aromatic carbocycles. The zero-order chi connectivity index (χ0) is 13.4. The Kier molecular flexibility index (Phi) is 10.3. The molecule has 0 aliphatic carbocycles. The second kappa shape index (κ2) is 10.5. The van der Waals surface area contributed by atoms with E-state index in [2.05, 4.69) is 17.6 Å². The van der Waals surface area contributed by atoms with Gasteiger partial charge in [-0.15, -0.1) is 12.4 Å². The van der Waals surface area contributed by atoms with Crippen LogP contribution in [0.15, 0.2) is 0 Å². The lowest BCUT2D eigenvalue weighted by Gasteiger charge is -2.28. The summed E-state index contributed by atoms with van der Waals surface area (Å²) in [7, 11) is 0. The molecule has 3 N–H and O–H groups in total. The molecule has 1 heterocycles. The van der Waals surface area contributed by atoms with Gasteiger partial charge in [0, 0.05) is 19.1 Å². The van der Waals surface area contributed by atoms with E-state index in [1.54, 1.807) is 0 Å². The first-order valence-electron chi connectivity index (χ1n) is 7.24. The van der Waals surface area contributed by atoms with Crippen molar-refractivity contribution in [2.45, 2.75) is 52.0 Å². The van der Waals surface area contributed by atoms with Crippen LogP contribution in [-0.4, -0.2) is 36.8 Å². The number of halogens is 1. The summed E-state index contributed by atoms with van der Waals surface area (Å²) in [5.41, 5.74) is 0. The molecule has 0 spiro atoms. The van der Waals surface area contributed by atoms with Crippen LogP contribution in [0.1, 0.15) is 46.0 Å². The number of piperidine rings is 1. The molecule has 1 fully saturated rings. The molecular formula is C14H29ClN2O2. The fourth-order valence-electron chi connectivity index (χ4n) is 2.68. The highest BCUT2D eigenvalue weighted by Gasteiger charge is 2.22. The average molecular weight is 293 g/mol. The molecule has 2 atom stereocenters. The maximum absolute atomic E-state index is 11.9. The minimum Gasteiger partial charge on any atom is -0.396 e. The molecule has 1 saturated heterocycles. The number of carbonyl (C=O) groups excluding carboxylic acids is 1. The quantitative estimate of drug-likeness (QED) is 0.669. The lowest BCUT2D eigenvalue weighted by molar-refractivity contribution is -0.123. The summed E-state index contributed by atoms with van der Waals surface area (Å²) in [6, 6.07) is 0.171. The van der Waals surface area contributed by atoms with Crippen molar-refractivity contribution in [3.8, 4) is 0 Å².